The van der Waals surface area contributed by atoms with E-state index in [1.165, 1.54) is 15.9 Å². The minimum atomic E-state index is -3.60. The van der Waals surface area contributed by atoms with E-state index in [1.807, 2.05) is 6.92 Å². The van der Waals surface area contributed by atoms with Gasteiger partial charge in [0.2, 0.25) is 15.9 Å². The minimum Gasteiger partial charge on any atom is -0.379 e. The van der Waals surface area contributed by atoms with E-state index < -0.39 is 10.0 Å². The Morgan fingerprint density at radius 2 is 1.88 bits per heavy atom. The van der Waals surface area contributed by atoms with Gasteiger partial charge in [-0.05, 0) is 47.5 Å². The molecule has 4 rings (SSSR count). The molecule has 8 nitrogen and oxygen atoms in total. The maximum Gasteiger partial charge on any atom is 0.243 e. The van der Waals surface area contributed by atoms with Crippen LogP contribution in [0.2, 0.25) is 0 Å². The highest BCUT2D eigenvalue weighted by Gasteiger charge is 2.28. The molecular weight excluding hydrogens is 448 g/mol. The zero-order valence-corrected chi connectivity index (χ0v) is 19.9. The van der Waals surface area contributed by atoms with Gasteiger partial charge in [-0.15, -0.1) is 0 Å². The molecule has 2 aliphatic heterocycles. The summed E-state index contributed by atoms with van der Waals surface area (Å²) < 4.78 is 32.5. The molecule has 1 amide bonds. The SMILES string of the molecule is CC(C(=O)Nc1cccc(S(=O)(=O)N2CCOCC2)c1)N1CCN(Cc2ccsc2)CC1. The number of nitrogens with one attached hydrogen (secondary N) is 1. The molecule has 1 N–H and O–H groups in total. The van der Waals surface area contributed by atoms with Crippen molar-refractivity contribution in [3.8, 4) is 0 Å². The zero-order valence-electron chi connectivity index (χ0n) is 18.3. The van der Waals surface area contributed by atoms with Crippen molar-refractivity contribution >= 4 is 33.0 Å². The first kappa shape index (κ1) is 23.3. The molecular formula is C22H30N4O4S2. The molecule has 0 aliphatic carbocycles. The number of hydrogen-bond donors (Lipinski definition) is 1. The third-order valence-corrected chi connectivity index (χ3v) is 8.66. The number of morpholine rings is 1. The largest absolute Gasteiger partial charge is 0.379 e. The molecule has 10 heteroatoms. The minimum absolute atomic E-state index is 0.128. The van der Waals surface area contributed by atoms with Crippen LogP contribution in [0.25, 0.3) is 0 Å². The summed E-state index contributed by atoms with van der Waals surface area (Å²) in [6.45, 7) is 7.81. The molecule has 2 fully saturated rings. The van der Waals surface area contributed by atoms with Crippen molar-refractivity contribution in [1.82, 2.24) is 14.1 Å². The molecule has 0 radical (unpaired) electrons. The lowest BCUT2D eigenvalue weighted by molar-refractivity contribution is -0.121. The predicted octanol–water partition coefficient (Wildman–Crippen LogP) is 1.91. The number of thiophene rings is 1. The van der Waals surface area contributed by atoms with Crippen LogP contribution in [-0.4, -0.2) is 87.0 Å². The summed E-state index contributed by atoms with van der Waals surface area (Å²) in [4.78, 5) is 17.6. The van der Waals surface area contributed by atoms with E-state index in [9.17, 15) is 13.2 Å². The summed E-state index contributed by atoms with van der Waals surface area (Å²) in [5, 5.41) is 7.17. The number of piperazine rings is 1. The van der Waals surface area contributed by atoms with Crippen LogP contribution < -0.4 is 5.32 Å². The van der Waals surface area contributed by atoms with Gasteiger partial charge in [0.1, 0.15) is 0 Å². The molecule has 174 valence electrons. The molecule has 1 atom stereocenters. The first-order chi connectivity index (χ1) is 15.4. The smallest absolute Gasteiger partial charge is 0.243 e. The van der Waals surface area contributed by atoms with Crippen molar-refractivity contribution in [3.63, 3.8) is 0 Å². The third kappa shape index (κ3) is 5.56. The second kappa shape index (κ2) is 10.4. The van der Waals surface area contributed by atoms with E-state index in [0.29, 0.717) is 32.0 Å². The fourth-order valence-corrected chi connectivity index (χ4v) is 6.15. The van der Waals surface area contributed by atoms with Gasteiger partial charge in [0.05, 0.1) is 24.2 Å². The van der Waals surface area contributed by atoms with Crippen molar-refractivity contribution < 1.29 is 17.9 Å². The van der Waals surface area contributed by atoms with Crippen molar-refractivity contribution in [2.24, 2.45) is 0 Å². The van der Waals surface area contributed by atoms with Crippen LogP contribution in [-0.2, 0) is 26.1 Å². The zero-order chi connectivity index (χ0) is 22.6. The van der Waals surface area contributed by atoms with E-state index in [4.69, 9.17) is 4.74 Å². The van der Waals surface area contributed by atoms with Crippen molar-refractivity contribution in [1.29, 1.82) is 0 Å². The maximum absolute atomic E-state index is 12.9. The lowest BCUT2D eigenvalue weighted by atomic mass is 10.2. The Labute approximate surface area is 193 Å². The second-order valence-corrected chi connectivity index (χ2v) is 10.9. The van der Waals surface area contributed by atoms with Gasteiger partial charge in [-0.25, -0.2) is 8.42 Å². The van der Waals surface area contributed by atoms with Crippen molar-refractivity contribution in [2.45, 2.75) is 24.4 Å². The molecule has 1 aromatic heterocycles. The van der Waals surface area contributed by atoms with E-state index in [1.54, 1.807) is 29.5 Å². The number of carbonyl (C=O) groups is 1. The van der Waals surface area contributed by atoms with Gasteiger partial charge in [0.25, 0.3) is 0 Å². The van der Waals surface area contributed by atoms with Crippen LogP contribution in [0, 0.1) is 0 Å². The first-order valence-corrected chi connectivity index (χ1v) is 13.3. The predicted molar refractivity (Wildman–Crippen MR) is 125 cm³/mol. The molecule has 0 bridgehead atoms. The lowest BCUT2D eigenvalue weighted by Crippen LogP contribution is -2.52. The number of nitrogens with zero attached hydrogens (tertiary/aromatic N) is 3. The van der Waals surface area contributed by atoms with Gasteiger partial charge < -0.3 is 10.1 Å². The van der Waals surface area contributed by atoms with Gasteiger partial charge in [0, 0.05) is 51.5 Å². The molecule has 3 heterocycles. The average Bonchev–Trinajstić information content (AvgIpc) is 3.33. The molecule has 0 spiro atoms. The summed E-state index contributed by atoms with van der Waals surface area (Å²) in [5.41, 5.74) is 1.83. The van der Waals surface area contributed by atoms with Gasteiger partial charge >= 0.3 is 0 Å². The van der Waals surface area contributed by atoms with Crippen LogP contribution in [0.1, 0.15) is 12.5 Å². The number of hydrogen-bond acceptors (Lipinski definition) is 7. The monoisotopic (exact) mass is 478 g/mol. The van der Waals surface area contributed by atoms with Gasteiger partial charge in [0.15, 0.2) is 0 Å². The number of benzene rings is 1. The highest BCUT2D eigenvalue weighted by molar-refractivity contribution is 7.89. The van der Waals surface area contributed by atoms with E-state index in [2.05, 4.69) is 31.9 Å². The molecule has 0 saturated carbocycles. The van der Waals surface area contributed by atoms with Crippen LogP contribution in [0.5, 0.6) is 0 Å². The highest BCUT2D eigenvalue weighted by atomic mass is 32.2. The summed E-state index contributed by atoms with van der Waals surface area (Å²) >= 11 is 1.71. The molecule has 32 heavy (non-hydrogen) atoms. The fraction of sp³-hybridized carbons (Fsp3) is 0.500. The Bertz CT molecular complexity index is 999. The lowest BCUT2D eigenvalue weighted by Gasteiger charge is -2.37. The summed E-state index contributed by atoms with van der Waals surface area (Å²) in [5.74, 6) is -0.128. The Balaban J connectivity index is 1.33. The average molecular weight is 479 g/mol. The Hall–Kier alpha value is -1.82. The highest BCUT2D eigenvalue weighted by Crippen LogP contribution is 2.21. The van der Waals surface area contributed by atoms with Gasteiger partial charge in [-0.3, -0.25) is 14.6 Å². The number of sulfonamides is 1. The Morgan fingerprint density at radius 3 is 2.56 bits per heavy atom. The molecule has 2 aliphatic rings. The number of amides is 1. The number of anilines is 1. The number of rotatable bonds is 7. The van der Waals surface area contributed by atoms with Crippen LogP contribution in [0.15, 0.2) is 46.0 Å². The molecule has 2 saturated heterocycles. The summed E-state index contributed by atoms with van der Waals surface area (Å²) in [7, 11) is -3.60. The summed E-state index contributed by atoms with van der Waals surface area (Å²) in [6.07, 6.45) is 0. The van der Waals surface area contributed by atoms with E-state index in [-0.39, 0.29) is 16.8 Å². The normalized spacial score (nSPS) is 20.2. The van der Waals surface area contributed by atoms with Crippen molar-refractivity contribution in [3.05, 3.63) is 46.7 Å². The summed E-state index contributed by atoms with van der Waals surface area (Å²) in [6, 6.07) is 8.35. The first-order valence-electron chi connectivity index (χ1n) is 10.9. The standard InChI is InChI=1S/C22H30N4O4S2/c1-18(25-8-6-24(7-9-25)16-19-5-14-31-17-19)22(27)23-20-3-2-4-21(15-20)32(28,29)26-10-12-30-13-11-26/h2-5,14-15,17-18H,6-13,16H2,1H3,(H,23,27). The quantitative estimate of drug-likeness (QED) is 0.655. The topological polar surface area (TPSA) is 82.2 Å². The van der Waals surface area contributed by atoms with Crippen molar-refractivity contribution in [2.75, 3.05) is 57.8 Å². The third-order valence-electron chi connectivity index (χ3n) is 6.03. The molecule has 2 aromatic rings. The van der Waals surface area contributed by atoms with Crippen LogP contribution in [0.4, 0.5) is 5.69 Å². The van der Waals surface area contributed by atoms with E-state index in [0.717, 1.165) is 32.7 Å². The molecule has 1 unspecified atom stereocenters. The molecule has 1 aromatic carbocycles. The number of carbonyl (C=O) groups excluding carboxylic acids is 1. The second-order valence-electron chi connectivity index (χ2n) is 8.15. The van der Waals surface area contributed by atoms with Crippen LogP contribution in [0.3, 0.4) is 0 Å². The van der Waals surface area contributed by atoms with Gasteiger partial charge in [-0.2, -0.15) is 15.6 Å². The number of ether oxygens (including phenoxy) is 1. The van der Waals surface area contributed by atoms with E-state index >= 15 is 0 Å². The van der Waals surface area contributed by atoms with Gasteiger partial charge in [-0.1, -0.05) is 6.07 Å². The fourth-order valence-electron chi connectivity index (χ4n) is 4.03. The Kier molecular flexibility index (Phi) is 7.59. The maximum atomic E-state index is 12.9. The Morgan fingerprint density at radius 1 is 1.12 bits per heavy atom. The van der Waals surface area contributed by atoms with Crippen LogP contribution >= 0.6 is 11.3 Å².